The van der Waals surface area contributed by atoms with Crippen molar-refractivity contribution in [1.82, 2.24) is 19.5 Å². The summed E-state index contributed by atoms with van der Waals surface area (Å²) in [5.41, 5.74) is 4.90. The average molecular weight is 294 g/mol. The van der Waals surface area contributed by atoms with Crippen LogP contribution in [0.2, 0.25) is 0 Å². The normalized spacial score (nSPS) is 15.1. The molecule has 5 nitrogen and oxygen atoms in total. The van der Waals surface area contributed by atoms with Gasteiger partial charge in [0.25, 0.3) is 5.56 Å². The van der Waals surface area contributed by atoms with Crippen molar-refractivity contribution < 1.29 is 0 Å². The Bertz CT molecular complexity index is 879. The van der Waals surface area contributed by atoms with E-state index in [1.165, 1.54) is 5.56 Å². The molecule has 0 aliphatic carbocycles. The van der Waals surface area contributed by atoms with Gasteiger partial charge in [0.2, 0.25) is 0 Å². The lowest BCUT2D eigenvalue weighted by Gasteiger charge is -2.28. The minimum Gasteiger partial charge on any atom is -0.307 e. The second-order valence-electron chi connectivity index (χ2n) is 5.91. The van der Waals surface area contributed by atoms with Gasteiger partial charge in [-0.3, -0.25) is 9.69 Å². The lowest BCUT2D eigenvalue weighted by molar-refractivity contribution is 0.240. The van der Waals surface area contributed by atoms with E-state index >= 15 is 0 Å². The van der Waals surface area contributed by atoms with Crippen LogP contribution < -0.4 is 5.56 Å². The molecule has 0 unspecified atom stereocenters. The van der Waals surface area contributed by atoms with E-state index < -0.39 is 0 Å². The molecule has 112 valence electrons. The number of benzene rings is 1. The Hall–Kier alpha value is -2.40. The van der Waals surface area contributed by atoms with Crippen molar-refractivity contribution in [3.05, 3.63) is 69.3 Å². The monoisotopic (exact) mass is 294 g/mol. The first-order chi connectivity index (χ1) is 10.7. The highest BCUT2D eigenvalue weighted by molar-refractivity contribution is 5.42. The molecule has 1 aliphatic rings. The van der Waals surface area contributed by atoms with Crippen molar-refractivity contribution in [2.24, 2.45) is 0 Å². The molecule has 0 radical (unpaired) electrons. The summed E-state index contributed by atoms with van der Waals surface area (Å²) in [7, 11) is 0. The molecular formula is C17H18N4O. The molecule has 3 aromatic rings. The summed E-state index contributed by atoms with van der Waals surface area (Å²) in [5.74, 6) is 0. The maximum absolute atomic E-state index is 12.4. The molecule has 5 heteroatoms. The van der Waals surface area contributed by atoms with E-state index in [-0.39, 0.29) is 5.56 Å². The second kappa shape index (κ2) is 5.10. The zero-order valence-corrected chi connectivity index (χ0v) is 12.5. The van der Waals surface area contributed by atoms with Crippen LogP contribution in [0.3, 0.4) is 0 Å². The van der Waals surface area contributed by atoms with Crippen LogP contribution >= 0.6 is 0 Å². The molecule has 0 bridgehead atoms. The lowest BCUT2D eigenvalue weighted by atomic mass is 10.1. The highest BCUT2D eigenvalue weighted by atomic mass is 16.1. The first-order valence-electron chi connectivity index (χ1n) is 7.57. The number of aromatic amines is 1. The fourth-order valence-corrected chi connectivity index (χ4v) is 3.21. The van der Waals surface area contributed by atoms with Crippen LogP contribution in [0.25, 0.3) is 5.65 Å². The molecule has 0 saturated carbocycles. The van der Waals surface area contributed by atoms with Crippen LogP contribution in [-0.4, -0.2) is 26.0 Å². The van der Waals surface area contributed by atoms with E-state index in [4.69, 9.17) is 0 Å². The summed E-state index contributed by atoms with van der Waals surface area (Å²) in [6, 6.07) is 12.3. The third-order valence-electron chi connectivity index (χ3n) is 4.25. The van der Waals surface area contributed by atoms with Gasteiger partial charge in [0, 0.05) is 32.1 Å². The minimum atomic E-state index is 0.0140. The molecule has 22 heavy (non-hydrogen) atoms. The Morgan fingerprint density at radius 2 is 2.09 bits per heavy atom. The molecule has 0 fully saturated rings. The van der Waals surface area contributed by atoms with Gasteiger partial charge >= 0.3 is 0 Å². The Balaban J connectivity index is 1.68. The Morgan fingerprint density at radius 3 is 2.91 bits per heavy atom. The molecule has 0 spiro atoms. The highest BCUT2D eigenvalue weighted by Gasteiger charge is 2.22. The van der Waals surface area contributed by atoms with Gasteiger partial charge in [-0.2, -0.15) is 5.10 Å². The standard InChI is InChI=1S/C17H18N4O/c1-12-9-16-18-17(22)14-11-20(8-7-15(14)21(16)19-12)10-13-5-3-2-4-6-13/h2-6,9H,7-8,10-11H2,1H3,(H,18,22). The summed E-state index contributed by atoms with van der Waals surface area (Å²) in [5, 5.41) is 4.50. The number of aromatic nitrogens is 3. The van der Waals surface area contributed by atoms with Gasteiger partial charge in [-0.15, -0.1) is 0 Å². The van der Waals surface area contributed by atoms with Crippen LogP contribution in [0, 0.1) is 6.92 Å². The molecule has 1 N–H and O–H groups in total. The van der Waals surface area contributed by atoms with Gasteiger partial charge < -0.3 is 4.98 Å². The van der Waals surface area contributed by atoms with Crippen LogP contribution in [0.4, 0.5) is 0 Å². The van der Waals surface area contributed by atoms with Gasteiger partial charge in [-0.1, -0.05) is 30.3 Å². The quantitative estimate of drug-likeness (QED) is 0.785. The van der Waals surface area contributed by atoms with Crippen LogP contribution in [-0.2, 0) is 19.5 Å². The number of fused-ring (bicyclic) bond motifs is 3. The van der Waals surface area contributed by atoms with E-state index in [0.717, 1.165) is 42.1 Å². The second-order valence-corrected chi connectivity index (χ2v) is 5.91. The first-order valence-corrected chi connectivity index (χ1v) is 7.57. The van der Waals surface area contributed by atoms with Gasteiger partial charge in [0.1, 0.15) is 5.65 Å². The van der Waals surface area contributed by atoms with E-state index in [1.807, 2.05) is 23.6 Å². The molecule has 0 amide bonds. The minimum absolute atomic E-state index is 0.0140. The predicted molar refractivity (Wildman–Crippen MR) is 84.8 cm³/mol. The molecule has 3 heterocycles. The topological polar surface area (TPSA) is 53.4 Å². The highest BCUT2D eigenvalue weighted by Crippen LogP contribution is 2.18. The third-order valence-corrected chi connectivity index (χ3v) is 4.25. The number of hydrogen-bond donors (Lipinski definition) is 1. The average Bonchev–Trinajstić information content (AvgIpc) is 2.89. The summed E-state index contributed by atoms with van der Waals surface area (Å²) in [6.45, 7) is 4.44. The molecule has 2 aromatic heterocycles. The Kier molecular flexibility index (Phi) is 3.08. The van der Waals surface area contributed by atoms with Crippen LogP contribution in [0.5, 0.6) is 0 Å². The zero-order valence-electron chi connectivity index (χ0n) is 12.5. The Morgan fingerprint density at radius 1 is 1.27 bits per heavy atom. The fraction of sp³-hybridized carbons (Fsp3) is 0.294. The first kappa shape index (κ1) is 13.3. The van der Waals surface area contributed by atoms with E-state index in [1.54, 1.807) is 0 Å². The number of H-pyrrole nitrogens is 1. The fourth-order valence-electron chi connectivity index (χ4n) is 3.21. The largest absolute Gasteiger partial charge is 0.307 e. The summed E-state index contributed by atoms with van der Waals surface area (Å²) in [4.78, 5) is 17.6. The van der Waals surface area contributed by atoms with Crippen LogP contribution in [0.15, 0.2) is 41.2 Å². The smallest absolute Gasteiger partial charge is 0.255 e. The maximum atomic E-state index is 12.4. The van der Waals surface area contributed by atoms with Gasteiger partial charge in [-0.25, -0.2) is 4.52 Å². The van der Waals surface area contributed by atoms with Gasteiger partial charge in [-0.05, 0) is 12.5 Å². The number of hydrogen-bond acceptors (Lipinski definition) is 3. The van der Waals surface area contributed by atoms with Gasteiger partial charge in [0.05, 0.1) is 17.0 Å². The molecule has 1 aliphatic heterocycles. The number of rotatable bonds is 2. The van der Waals surface area contributed by atoms with Crippen molar-refractivity contribution >= 4 is 5.65 Å². The number of nitrogens with one attached hydrogen (secondary N) is 1. The zero-order chi connectivity index (χ0) is 15.1. The molecular weight excluding hydrogens is 276 g/mol. The van der Waals surface area contributed by atoms with Gasteiger partial charge in [0.15, 0.2) is 0 Å². The number of nitrogens with zero attached hydrogens (tertiary/aromatic N) is 3. The SMILES string of the molecule is Cc1cc2[nH]c(=O)c3c(n2n1)CCN(Cc1ccccc1)C3. The summed E-state index contributed by atoms with van der Waals surface area (Å²) in [6.07, 6.45) is 0.851. The van der Waals surface area contributed by atoms with Crippen molar-refractivity contribution in [2.75, 3.05) is 6.54 Å². The molecule has 4 rings (SSSR count). The molecule has 0 atom stereocenters. The summed E-state index contributed by atoms with van der Waals surface area (Å²) >= 11 is 0. The van der Waals surface area contributed by atoms with Crippen molar-refractivity contribution in [3.63, 3.8) is 0 Å². The van der Waals surface area contributed by atoms with Crippen LogP contribution in [0.1, 0.15) is 22.5 Å². The number of aryl methyl sites for hydroxylation is 1. The van der Waals surface area contributed by atoms with E-state index in [2.05, 4.69) is 39.2 Å². The lowest BCUT2D eigenvalue weighted by Crippen LogP contribution is -2.36. The van der Waals surface area contributed by atoms with E-state index in [9.17, 15) is 4.79 Å². The Labute approximate surface area is 128 Å². The van der Waals surface area contributed by atoms with E-state index in [0.29, 0.717) is 6.54 Å². The maximum Gasteiger partial charge on any atom is 0.255 e. The molecule has 1 aromatic carbocycles. The van der Waals surface area contributed by atoms with Crippen molar-refractivity contribution in [3.8, 4) is 0 Å². The van der Waals surface area contributed by atoms with Crippen molar-refractivity contribution in [1.29, 1.82) is 0 Å². The summed E-state index contributed by atoms with van der Waals surface area (Å²) < 4.78 is 1.89. The molecule has 0 saturated heterocycles. The predicted octanol–water partition coefficient (Wildman–Crippen LogP) is 1.89. The third kappa shape index (κ3) is 2.23. The van der Waals surface area contributed by atoms with Crippen molar-refractivity contribution in [2.45, 2.75) is 26.4 Å².